The molecule has 0 heterocycles. The van der Waals surface area contributed by atoms with Gasteiger partial charge in [0.25, 0.3) is 0 Å². The van der Waals surface area contributed by atoms with Crippen molar-refractivity contribution in [2.75, 3.05) is 0 Å². The predicted octanol–water partition coefficient (Wildman–Crippen LogP) is 3.47. The average Bonchev–Trinajstić information content (AvgIpc) is 1.27. The zero-order valence-electron chi connectivity index (χ0n) is 7.78. The molecule has 0 aliphatic heterocycles. The van der Waals surface area contributed by atoms with Crippen LogP contribution in [0.3, 0.4) is 0 Å². The Morgan fingerprint density at radius 1 is 0.889 bits per heavy atom. The first-order valence-corrected chi connectivity index (χ1v) is 3.41. The summed E-state index contributed by atoms with van der Waals surface area (Å²) in [6, 6.07) is 0. The van der Waals surface area contributed by atoms with Gasteiger partial charge in [-0.1, -0.05) is 48.0 Å². The van der Waals surface area contributed by atoms with Gasteiger partial charge in [-0.2, -0.15) is 0 Å². The van der Waals surface area contributed by atoms with Gasteiger partial charge in [0.15, 0.2) is 0 Å². The Morgan fingerprint density at radius 3 is 0.889 bits per heavy atom. The van der Waals surface area contributed by atoms with Gasteiger partial charge < -0.3 is 0 Å². The zero-order valence-corrected chi connectivity index (χ0v) is 10.6. The maximum absolute atomic E-state index is 2.19. The van der Waals surface area contributed by atoms with Crippen molar-refractivity contribution in [3.63, 3.8) is 0 Å². The minimum atomic E-state index is 0. The summed E-state index contributed by atoms with van der Waals surface area (Å²) in [6.45, 7) is 13.0. The Balaban J connectivity index is -0.0000000800. The standard InChI is InChI=1S/C5H12.C3H8.Y/c1-5(2,3)4;1-3-2;/h1-4H3;3H2,1-2H3;. The molecule has 0 saturated heterocycles. The summed E-state index contributed by atoms with van der Waals surface area (Å²) in [5.41, 5.74) is 0.500. The molecule has 0 atom stereocenters. The molecule has 0 spiro atoms. The van der Waals surface area contributed by atoms with Crippen LogP contribution in [0.15, 0.2) is 0 Å². The minimum absolute atomic E-state index is 0. The second kappa shape index (κ2) is 9.10. The Hall–Kier alpha value is 1.10. The van der Waals surface area contributed by atoms with E-state index in [9.17, 15) is 0 Å². The van der Waals surface area contributed by atoms with Gasteiger partial charge in [0.2, 0.25) is 0 Å². The normalized spacial score (nSPS) is 8.67. The molecule has 1 radical (unpaired) electrons. The van der Waals surface area contributed by atoms with E-state index in [0.717, 1.165) is 0 Å². The predicted molar refractivity (Wildman–Crippen MR) is 41.1 cm³/mol. The molecule has 0 aliphatic carbocycles. The van der Waals surface area contributed by atoms with Crippen molar-refractivity contribution in [1.82, 2.24) is 0 Å². The van der Waals surface area contributed by atoms with Crippen LogP contribution in [-0.2, 0) is 32.7 Å². The molecule has 0 nitrogen and oxygen atoms in total. The van der Waals surface area contributed by atoms with Crippen LogP contribution in [0.4, 0.5) is 0 Å². The number of hydrogen-bond donors (Lipinski definition) is 0. The third-order valence-electron chi connectivity index (χ3n) is 0. The molecule has 0 aromatic carbocycles. The summed E-state index contributed by atoms with van der Waals surface area (Å²) in [6.07, 6.45) is 1.25. The van der Waals surface area contributed by atoms with Crippen LogP contribution in [-0.4, -0.2) is 0 Å². The van der Waals surface area contributed by atoms with E-state index in [-0.39, 0.29) is 32.7 Å². The van der Waals surface area contributed by atoms with Crippen molar-refractivity contribution in [3.8, 4) is 0 Å². The average molecular weight is 205 g/mol. The van der Waals surface area contributed by atoms with Crippen molar-refractivity contribution in [2.24, 2.45) is 5.41 Å². The second-order valence-corrected chi connectivity index (χ2v) is 3.71. The van der Waals surface area contributed by atoms with Crippen LogP contribution < -0.4 is 0 Å². The molecule has 0 aromatic heterocycles. The van der Waals surface area contributed by atoms with Crippen molar-refractivity contribution in [1.29, 1.82) is 0 Å². The maximum atomic E-state index is 2.19. The summed E-state index contributed by atoms with van der Waals surface area (Å²) in [5.74, 6) is 0. The summed E-state index contributed by atoms with van der Waals surface area (Å²) in [5, 5.41) is 0. The summed E-state index contributed by atoms with van der Waals surface area (Å²) >= 11 is 0. The molecular weight excluding hydrogens is 185 g/mol. The largest absolute Gasteiger partial charge is 0.0656 e. The van der Waals surface area contributed by atoms with Crippen LogP contribution in [0.25, 0.3) is 0 Å². The van der Waals surface area contributed by atoms with Gasteiger partial charge in [0.1, 0.15) is 0 Å². The Bertz CT molecular complexity index is 28.3. The van der Waals surface area contributed by atoms with E-state index in [1.807, 2.05) is 0 Å². The van der Waals surface area contributed by atoms with E-state index < -0.39 is 0 Å². The Morgan fingerprint density at radius 2 is 0.889 bits per heavy atom. The molecule has 0 unspecified atom stereocenters. The van der Waals surface area contributed by atoms with E-state index in [0.29, 0.717) is 5.41 Å². The second-order valence-electron chi connectivity index (χ2n) is 3.71. The van der Waals surface area contributed by atoms with Crippen LogP contribution in [0.2, 0.25) is 0 Å². The first kappa shape index (κ1) is 16.6. The van der Waals surface area contributed by atoms with E-state index in [1.165, 1.54) is 6.42 Å². The van der Waals surface area contributed by atoms with Crippen LogP contribution >= 0.6 is 0 Å². The minimum Gasteiger partial charge on any atom is -0.0656 e. The van der Waals surface area contributed by atoms with Gasteiger partial charge in [-0.3, -0.25) is 0 Å². The maximum Gasteiger partial charge on any atom is 0 e. The summed E-state index contributed by atoms with van der Waals surface area (Å²) < 4.78 is 0. The molecule has 0 fully saturated rings. The first-order chi connectivity index (χ1) is 3.41. The molecule has 0 aliphatic rings. The molecule has 55 valence electrons. The Kier molecular flexibility index (Phi) is 16.8. The Labute approximate surface area is 85.7 Å². The molecular formula is C8H20Y. The van der Waals surface area contributed by atoms with Gasteiger partial charge in [-0.15, -0.1) is 0 Å². The van der Waals surface area contributed by atoms with E-state index in [2.05, 4.69) is 41.5 Å². The zero-order chi connectivity index (χ0) is 7.21. The number of hydrogen-bond acceptors (Lipinski definition) is 0. The monoisotopic (exact) mass is 205 g/mol. The number of rotatable bonds is 0. The van der Waals surface area contributed by atoms with E-state index in [4.69, 9.17) is 0 Å². The quantitative estimate of drug-likeness (QED) is 0.568. The van der Waals surface area contributed by atoms with Gasteiger partial charge in [-0.25, -0.2) is 0 Å². The van der Waals surface area contributed by atoms with Gasteiger partial charge in [-0.05, 0) is 5.41 Å². The molecule has 0 rings (SSSR count). The third-order valence-corrected chi connectivity index (χ3v) is 0. The molecule has 9 heavy (non-hydrogen) atoms. The summed E-state index contributed by atoms with van der Waals surface area (Å²) in [4.78, 5) is 0. The third kappa shape index (κ3) is 377. The van der Waals surface area contributed by atoms with Crippen molar-refractivity contribution >= 4 is 0 Å². The summed E-state index contributed by atoms with van der Waals surface area (Å²) in [7, 11) is 0. The molecule has 0 aromatic rings. The van der Waals surface area contributed by atoms with Gasteiger partial charge in [0, 0.05) is 32.7 Å². The fourth-order valence-corrected chi connectivity index (χ4v) is 0. The fourth-order valence-electron chi connectivity index (χ4n) is 0. The molecule has 0 N–H and O–H groups in total. The van der Waals surface area contributed by atoms with Crippen LogP contribution in [0.1, 0.15) is 48.0 Å². The van der Waals surface area contributed by atoms with Crippen molar-refractivity contribution in [2.45, 2.75) is 48.0 Å². The molecule has 0 bridgehead atoms. The van der Waals surface area contributed by atoms with Gasteiger partial charge >= 0.3 is 0 Å². The van der Waals surface area contributed by atoms with E-state index >= 15 is 0 Å². The molecule has 0 saturated carbocycles. The molecule has 1 heteroatoms. The van der Waals surface area contributed by atoms with Crippen LogP contribution in [0, 0.1) is 5.41 Å². The SMILES string of the molecule is CC(C)(C)C.CCC.[Y]. The van der Waals surface area contributed by atoms with Crippen molar-refractivity contribution < 1.29 is 32.7 Å². The molecule has 0 amide bonds. The van der Waals surface area contributed by atoms with Gasteiger partial charge in [0.05, 0.1) is 0 Å². The van der Waals surface area contributed by atoms with E-state index in [1.54, 1.807) is 0 Å². The topological polar surface area (TPSA) is 0 Å². The fraction of sp³-hybridized carbons (Fsp3) is 1.00. The van der Waals surface area contributed by atoms with Crippen LogP contribution in [0.5, 0.6) is 0 Å². The van der Waals surface area contributed by atoms with Crippen molar-refractivity contribution in [3.05, 3.63) is 0 Å². The smallest absolute Gasteiger partial charge is 0 e. The first-order valence-electron chi connectivity index (χ1n) is 3.41.